The number of esters is 1. The molecule has 4 rings (SSSR count). The first-order valence-corrected chi connectivity index (χ1v) is 12.4. The average molecular weight is 536 g/mol. The molecule has 38 heavy (non-hydrogen) atoms. The Kier molecular flexibility index (Phi) is 8.89. The highest BCUT2D eigenvalue weighted by molar-refractivity contribution is 6.30. The second-order valence-corrected chi connectivity index (χ2v) is 8.63. The molecular weight excluding hydrogens is 510 g/mol. The van der Waals surface area contributed by atoms with Gasteiger partial charge >= 0.3 is 17.3 Å². The molecule has 2 heterocycles. The number of nitrogens with one attached hydrogen (secondary N) is 1. The van der Waals surface area contributed by atoms with Gasteiger partial charge in [0.2, 0.25) is 11.8 Å². The van der Waals surface area contributed by atoms with Crippen molar-refractivity contribution in [2.24, 2.45) is 0 Å². The van der Waals surface area contributed by atoms with Crippen LogP contribution in [-0.2, 0) is 22.6 Å². The first-order chi connectivity index (χ1) is 18.4. The third kappa shape index (κ3) is 7.07. The highest BCUT2D eigenvalue weighted by Crippen LogP contribution is 2.22. The molecule has 2 aromatic carbocycles. The SMILES string of the molecule is CCOC(=O)CCCn1c(=O)nc(Nc2ccc(Oc3ccccn3)cc2)n(Cc2ccc(Cl)cc2)c1=O. The maximum Gasteiger partial charge on any atom is 0.354 e. The summed E-state index contributed by atoms with van der Waals surface area (Å²) in [6, 6.07) is 19.3. The van der Waals surface area contributed by atoms with Gasteiger partial charge in [0.15, 0.2) is 0 Å². The standard InChI is InChI=1S/C27H26ClN5O5/c1-2-37-24(34)7-5-17-32-26(35)31-25(33(27(32)36)18-19-8-10-20(28)11-9-19)30-21-12-14-22(15-13-21)38-23-6-3-4-16-29-23/h3-4,6,8-16H,2,5,7,17-18H2,1H3,(H,30,31,35). The Morgan fingerprint density at radius 1 is 1.00 bits per heavy atom. The van der Waals surface area contributed by atoms with Crippen LogP contribution in [0.5, 0.6) is 11.6 Å². The topological polar surface area (TPSA) is 117 Å². The fourth-order valence-corrected chi connectivity index (χ4v) is 3.74. The summed E-state index contributed by atoms with van der Waals surface area (Å²) in [5.41, 5.74) is 0.108. The summed E-state index contributed by atoms with van der Waals surface area (Å²) >= 11 is 6.01. The molecular formula is C27H26ClN5O5. The van der Waals surface area contributed by atoms with Crippen LogP contribution in [0.25, 0.3) is 0 Å². The van der Waals surface area contributed by atoms with E-state index in [2.05, 4.69) is 15.3 Å². The number of benzene rings is 2. The van der Waals surface area contributed by atoms with E-state index in [1.807, 2.05) is 6.07 Å². The van der Waals surface area contributed by atoms with Crippen LogP contribution in [0.1, 0.15) is 25.3 Å². The minimum Gasteiger partial charge on any atom is -0.466 e. The predicted octanol–water partition coefficient (Wildman–Crippen LogP) is 4.38. The van der Waals surface area contributed by atoms with Gasteiger partial charge in [0.05, 0.1) is 13.2 Å². The van der Waals surface area contributed by atoms with Crippen molar-refractivity contribution in [3.63, 3.8) is 0 Å². The van der Waals surface area contributed by atoms with Crippen molar-refractivity contribution in [2.75, 3.05) is 11.9 Å². The zero-order valence-electron chi connectivity index (χ0n) is 20.7. The third-order valence-electron chi connectivity index (χ3n) is 5.44. The number of halogens is 1. The number of hydrogen-bond donors (Lipinski definition) is 1. The van der Waals surface area contributed by atoms with Crippen molar-refractivity contribution in [1.29, 1.82) is 0 Å². The number of rotatable bonds is 11. The Bertz CT molecular complexity index is 1490. The number of ether oxygens (including phenoxy) is 2. The van der Waals surface area contributed by atoms with E-state index in [-0.39, 0.29) is 44.5 Å². The lowest BCUT2D eigenvalue weighted by Crippen LogP contribution is -2.42. The lowest BCUT2D eigenvalue weighted by Gasteiger charge is -2.16. The summed E-state index contributed by atoms with van der Waals surface area (Å²) in [5, 5.41) is 3.63. The molecule has 196 valence electrons. The maximum atomic E-state index is 13.4. The second kappa shape index (κ2) is 12.7. The molecule has 4 aromatic rings. The molecule has 0 radical (unpaired) electrons. The number of carbonyl (C=O) groups is 1. The summed E-state index contributed by atoms with van der Waals surface area (Å²) < 4.78 is 13.0. The molecule has 2 aromatic heterocycles. The number of hydrogen-bond acceptors (Lipinski definition) is 8. The normalized spacial score (nSPS) is 10.7. The van der Waals surface area contributed by atoms with Gasteiger partial charge in [-0.15, -0.1) is 0 Å². The molecule has 0 bridgehead atoms. The van der Waals surface area contributed by atoms with E-state index in [0.717, 1.165) is 10.1 Å². The van der Waals surface area contributed by atoms with Crippen molar-refractivity contribution >= 4 is 29.2 Å². The number of carbonyl (C=O) groups excluding carboxylic acids is 1. The number of anilines is 2. The smallest absolute Gasteiger partial charge is 0.354 e. The molecule has 1 N–H and O–H groups in total. The van der Waals surface area contributed by atoms with Gasteiger partial charge in [-0.1, -0.05) is 29.8 Å². The molecule has 0 amide bonds. The van der Waals surface area contributed by atoms with Crippen LogP contribution in [0.3, 0.4) is 0 Å². The van der Waals surface area contributed by atoms with Crippen LogP contribution in [0, 0.1) is 0 Å². The molecule has 0 fully saturated rings. The highest BCUT2D eigenvalue weighted by Gasteiger charge is 2.15. The van der Waals surface area contributed by atoms with Gasteiger partial charge in [0, 0.05) is 35.9 Å². The number of aromatic nitrogens is 4. The zero-order chi connectivity index (χ0) is 26.9. The van der Waals surface area contributed by atoms with E-state index in [1.54, 1.807) is 73.8 Å². The molecule has 11 heteroatoms. The first kappa shape index (κ1) is 26.6. The summed E-state index contributed by atoms with van der Waals surface area (Å²) in [5.74, 6) is 0.717. The fourth-order valence-electron chi connectivity index (χ4n) is 3.61. The van der Waals surface area contributed by atoms with Crippen LogP contribution in [0.2, 0.25) is 5.02 Å². The first-order valence-electron chi connectivity index (χ1n) is 12.0. The summed E-state index contributed by atoms with van der Waals surface area (Å²) in [6.45, 7) is 2.16. The molecule has 0 saturated heterocycles. The zero-order valence-corrected chi connectivity index (χ0v) is 21.4. The van der Waals surface area contributed by atoms with E-state index >= 15 is 0 Å². The Balaban J connectivity index is 1.60. The van der Waals surface area contributed by atoms with Crippen molar-refractivity contribution in [2.45, 2.75) is 32.9 Å². The van der Waals surface area contributed by atoms with Gasteiger partial charge in [-0.3, -0.25) is 9.36 Å². The molecule has 0 unspecified atom stereocenters. The van der Waals surface area contributed by atoms with Crippen LogP contribution in [0.4, 0.5) is 11.6 Å². The maximum absolute atomic E-state index is 13.4. The van der Waals surface area contributed by atoms with Crippen molar-refractivity contribution in [3.05, 3.63) is 104 Å². The van der Waals surface area contributed by atoms with Gasteiger partial charge in [-0.25, -0.2) is 19.1 Å². The van der Waals surface area contributed by atoms with E-state index in [0.29, 0.717) is 22.3 Å². The van der Waals surface area contributed by atoms with E-state index in [9.17, 15) is 14.4 Å². The minimum absolute atomic E-state index is 0.0317. The fraction of sp³-hybridized carbons (Fsp3) is 0.222. The third-order valence-corrected chi connectivity index (χ3v) is 5.69. The van der Waals surface area contributed by atoms with Crippen LogP contribution < -0.4 is 21.4 Å². The van der Waals surface area contributed by atoms with Gasteiger partial charge in [0.25, 0.3) is 0 Å². The lowest BCUT2D eigenvalue weighted by atomic mass is 10.2. The van der Waals surface area contributed by atoms with Gasteiger partial charge in [-0.05, 0) is 61.4 Å². The van der Waals surface area contributed by atoms with E-state index in [4.69, 9.17) is 21.1 Å². The summed E-state index contributed by atoms with van der Waals surface area (Å²) in [6.07, 6.45) is 1.99. The number of nitrogens with zero attached hydrogens (tertiary/aromatic N) is 4. The molecule has 0 spiro atoms. The Morgan fingerprint density at radius 2 is 1.76 bits per heavy atom. The van der Waals surface area contributed by atoms with Gasteiger partial charge in [-0.2, -0.15) is 4.98 Å². The van der Waals surface area contributed by atoms with E-state index in [1.165, 1.54) is 4.57 Å². The molecule has 0 saturated carbocycles. The average Bonchev–Trinajstić information content (AvgIpc) is 2.91. The number of pyridine rings is 1. The van der Waals surface area contributed by atoms with Crippen LogP contribution >= 0.6 is 11.6 Å². The highest BCUT2D eigenvalue weighted by atomic mass is 35.5. The van der Waals surface area contributed by atoms with E-state index < -0.39 is 11.4 Å². The molecule has 10 nitrogen and oxygen atoms in total. The van der Waals surface area contributed by atoms with Gasteiger partial charge < -0.3 is 14.8 Å². The van der Waals surface area contributed by atoms with Crippen molar-refractivity contribution < 1.29 is 14.3 Å². The van der Waals surface area contributed by atoms with Crippen molar-refractivity contribution in [3.8, 4) is 11.6 Å². The minimum atomic E-state index is -0.719. The Labute approximate surface area is 223 Å². The molecule has 0 atom stereocenters. The molecule has 0 aliphatic heterocycles. The molecule has 0 aliphatic rings. The largest absolute Gasteiger partial charge is 0.466 e. The quantitative estimate of drug-likeness (QED) is 0.281. The van der Waals surface area contributed by atoms with Crippen molar-refractivity contribution in [1.82, 2.24) is 19.1 Å². The molecule has 0 aliphatic carbocycles. The Morgan fingerprint density at radius 3 is 2.45 bits per heavy atom. The van der Waals surface area contributed by atoms with Gasteiger partial charge in [0.1, 0.15) is 5.75 Å². The second-order valence-electron chi connectivity index (χ2n) is 8.19. The summed E-state index contributed by atoms with van der Waals surface area (Å²) in [4.78, 5) is 46.2. The predicted molar refractivity (Wildman–Crippen MR) is 143 cm³/mol. The summed E-state index contributed by atoms with van der Waals surface area (Å²) in [7, 11) is 0. The Hall–Kier alpha value is -4.44. The monoisotopic (exact) mass is 535 g/mol. The van der Waals surface area contributed by atoms with Crippen LogP contribution in [0.15, 0.2) is 82.5 Å². The van der Waals surface area contributed by atoms with Crippen LogP contribution in [-0.4, -0.2) is 31.7 Å². The lowest BCUT2D eigenvalue weighted by molar-refractivity contribution is -0.143.